The van der Waals surface area contributed by atoms with Gasteiger partial charge >= 0.3 is 5.69 Å². The molecule has 1 aromatic rings. The fraction of sp³-hybridized carbons (Fsp3) is 0.692. The van der Waals surface area contributed by atoms with Crippen LogP contribution in [0.25, 0.3) is 0 Å². The van der Waals surface area contributed by atoms with Crippen LogP contribution >= 0.6 is 11.6 Å². The van der Waals surface area contributed by atoms with Crippen LogP contribution in [-0.2, 0) is 0 Å². The van der Waals surface area contributed by atoms with Gasteiger partial charge < -0.3 is 0 Å². The van der Waals surface area contributed by atoms with Gasteiger partial charge in [-0.25, -0.2) is 4.79 Å². The van der Waals surface area contributed by atoms with Crippen LogP contribution in [0.15, 0.2) is 9.59 Å². The molecule has 1 aliphatic rings. The van der Waals surface area contributed by atoms with Gasteiger partial charge in [-0.05, 0) is 25.2 Å². The van der Waals surface area contributed by atoms with Crippen molar-refractivity contribution >= 4 is 11.6 Å². The first kappa shape index (κ1) is 13.4. The van der Waals surface area contributed by atoms with E-state index in [4.69, 9.17) is 11.6 Å². The van der Waals surface area contributed by atoms with Crippen molar-refractivity contribution in [3.8, 4) is 0 Å². The molecular formula is C13H19ClN2O2. The van der Waals surface area contributed by atoms with Crippen molar-refractivity contribution < 1.29 is 0 Å². The summed E-state index contributed by atoms with van der Waals surface area (Å²) < 4.78 is 1.36. The van der Waals surface area contributed by atoms with Crippen LogP contribution in [0.3, 0.4) is 0 Å². The van der Waals surface area contributed by atoms with E-state index in [1.165, 1.54) is 4.57 Å². The molecule has 0 aliphatic heterocycles. The molecule has 3 unspecified atom stereocenters. The van der Waals surface area contributed by atoms with E-state index in [9.17, 15) is 9.59 Å². The molecule has 0 amide bonds. The van der Waals surface area contributed by atoms with Gasteiger partial charge in [-0.15, -0.1) is 0 Å². The maximum absolute atomic E-state index is 12.2. The molecule has 1 N–H and O–H groups in total. The molecule has 0 radical (unpaired) electrons. The first-order valence-corrected chi connectivity index (χ1v) is 6.82. The van der Waals surface area contributed by atoms with Crippen LogP contribution in [0.5, 0.6) is 0 Å². The molecule has 1 aliphatic carbocycles. The second-order valence-electron chi connectivity index (χ2n) is 5.38. The lowest BCUT2D eigenvalue weighted by Crippen LogP contribution is -2.43. The zero-order valence-corrected chi connectivity index (χ0v) is 11.8. The molecule has 0 aromatic carbocycles. The molecule has 1 aromatic heterocycles. The van der Waals surface area contributed by atoms with Crippen molar-refractivity contribution in [3.05, 3.63) is 31.6 Å². The van der Waals surface area contributed by atoms with Crippen molar-refractivity contribution in [1.29, 1.82) is 0 Å². The molecule has 0 spiro atoms. The van der Waals surface area contributed by atoms with Crippen LogP contribution in [-0.4, -0.2) is 9.55 Å². The van der Waals surface area contributed by atoms with E-state index in [0.717, 1.165) is 19.3 Å². The standard InChI is InChI=1S/C13H19ClN2O2/c1-7-5-4-6-10(8(7)2)16-12(17)9(3)11(14)15-13(16)18/h7-8,10H,4-6H2,1-3H3,(H,15,18). The second-order valence-corrected chi connectivity index (χ2v) is 5.76. The van der Waals surface area contributed by atoms with Crippen molar-refractivity contribution in [2.45, 2.75) is 46.1 Å². The van der Waals surface area contributed by atoms with E-state index in [2.05, 4.69) is 18.8 Å². The summed E-state index contributed by atoms with van der Waals surface area (Å²) in [5.41, 5.74) is -0.224. The van der Waals surface area contributed by atoms with Crippen LogP contribution in [0.1, 0.15) is 44.7 Å². The zero-order chi connectivity index (χ0) is 13.4. The maximum Gasteiger partial charge on any atom is 0.329 e. The van der Waals surface area contributed by atoms with Crippen molar-refractivity contribution in [2.24, 2.45) is 11.8 Å². The fourth-order valence-electron chi connectivity index (χ4n) is 2.83. The van der Waals surface area contributed by atoms with E-state index >= 15 is 0 Å². The lowest BCUT2D eigenvalue weighted by atomic mass is 9.78. The largest absolute Gasteiger partial charge is 0.329 e. The van der Waals surface area contributed by atoms with Crippen LogP contribution in [0.4, 0.5) is 0 Å². The molecule has 1 fully saturated rings. The number of nitrogens with zero attached hydrogens (tertiary/aromatic N) is 1. The number of rotatable bonds is 1. The highest BCUT2D eigenvalue weighted by Crippen LogP contribution is 2.36. The van der Waals surface area contributed by atoms with E-state index in [1.807, 2.05) is 0 Å². The SMILES string of the molecule is Cc1c(Cl)[nH]c(=O)n(C2CCCC(C)C2C)c1=O. The van der Waals surface area contributed by atoms with E-state index in [1.54, 1.807) is 6.92 Å². The third-order valence-corrected chi connectivity index (χ3v) is 4.68. The highest BCUT2D eigenvalue weighted by molar-refractivity contribution is 6.30. The molecule has 3 atom stereocenters. The minimum absolute atomic E-state index is 0.0130. The topological polar surface area (TPSA) is 54.9 Å². The van der Waals surface area contributed by atoms with Gasteiger partial charge in [-0.1, -0.05) is 38.3 Å². The third kappa shape index (κ3) is 2.14. The zero-order valence-electron chi connectivity index (χ0n) is 11.0. The van der Waals surface area contributed by atoms with Gasteiger partial charge in [0.05, 0.1) is 0 Å². The molecule has 100 valence electrons. The Labute approximate surface area is 111 Å². The van der Waals surface area contributed by atoms with Gasteiger partial charge in [0.15, 0.2) is 0 Å². The highest BCUT2D eigenvalue weighted by atomic mass is 35.5. The number of aromatic nitrogens is 2. The second kappa shape index (κ2) is 4.92. The number of halogens is 1. The summed E-state index contributed by atoms with van der Waals surface area (Å²) in [6, 6.07) is -0.0130. The normalized spacial score (nSPS) is 28.3. The molecular weight excluding hydrogens is 252 g/mol. The maximum atomic E-state index is 12.2. The third-order valence-electron chi connectivity index (χ3n) is 4.30. The van der Waals surface area contributed by atoms with Crippen molar-refractivity contribution in [1.82, 2.24) is 9.55 Å². The molecule has 4 nitrogen and oxygen atoms in total. The van der Waals surface area contributed by atoms with Crippen molar-refractivity contribution in [3.63, 3.8) is 0 Å². The lowest BCUT2D eigenvalue weighted by molar-refractivity contribution is 0.178. The Bertz CT molecular complexity index is 561. The Hall–Kier alpha value is -1.03. The Kier molecular flexibility index (Phi) is 3.66. The van der Waals surface area contributed by atoms with Crippen LogP contribution < -0.4 is 11.2 Å². The Morgan fingerprint density at radius 2 is 1.94 bits per heavy atom. The van der Waals surface area contributed by atoms with Crippen molar-refractivity contribution in [2.75, 3.05) is 0 Å². The first-order chi connectivity index (χ1) is 8.43. The molecule has 18 heavy (non-hydrogen) atoms. The predicted molar refractivity (Wildman–Crippen MR) is 72.3 cm³/mol. The summed E-state index contributed by atoms with van der Waals surface area (Å²) in [6.45, 7) is 5.94. The average molecular weight is 271 g/mol. The summed E-state index contributed by atoms with van der Waals surface area (Å²) in [5, 5.41) is 0.151. The monoisotopic (exact) mass is 270 g/mol. The Balaban J connectivity index is 2.55. The minimum atomic E-state index is -0.387. The molecule has 1 saturated carbocycles. The van der Waals surface area contributed by atoms with Gasteiger partial charge in [0.2, 0.25) is 0 Å². The smallest absolute Gasteiger partial charge is 0.297 e. The first-order valence-electron chi connectivity index (χ1n) is 6.44. The number of hydrogen-bond donors (Lipinski definition) is 1. The van der Waals surface area contributed by atoms with Gasteiger partial charge in [0.25, 0.3) is 5.56 Å². The molecule has 0 saturated heterocycles. The van der Waals surface area contributed by atoms with Gasteiger partial charge in [-0.3, -0.25) is 14.3 Å². The quantitative estimate of drug-likeness (QED) is 0.797. The van der Waals surface area contributed by atoms with Gasteiger partial charge in [-0.2, -0.15) is 0 Å². The number of nitrogens with one attached hydrogen (secondary N) is 1. The summed E-state index contributed by atoms with van der Waals surface area (Å²) in [5.74, 6) is 0.865. The molecule has 1 heterocycles. The average Bonchev–Trinajstić information content (AvgIpc) is 2.32. The predicted octanol–water partition coefficient (Wildman–Crippen LogP) is 2.50. The van der Waals surface area contributed by atoms with Gasteiger partial charge in [0.1, 0.15) is 5.15 Å². The summed E-state index contributed by atoms with van der Waals surface area (Å²) in [6.07, 6.45) is 3.11. The Morgan fingerprint density at radius 1 is 1.28 bits per heavy atom. The van der Waals surface area contributed by atoms with E-state index in [-0.39, 0.29) is 22.4 Å². The summed E-state index contributed by atoms with van der Waals surface area (Å²) in [7, 11) is 0. The highest BCUT2D eigenvalue weighted by Gasteiger charge is 2.30. The van der Waals surface area contributed by atoms with Crippen LogP contribution in [0.2, 0.25) is 5.15 Å². The Morgan fingerprint density at radius 3 is 2.61 bits per heavy atom. The molecule has 5 heteroatoms. The number of H-pyrrole nitrogens is 1. The summed E-state index contributed by atoms with van der Waals surface area (Å²) >= 11 is 5.83. The lowest BCUT2D eigenvalue weighted by Gasteiger charge is -2.34. The molecule has 2 rings (SSSR count). The van der Waals surface area contributed by atoms with E-state index < -0.39 is 0 Å². The number of aromatic amines is 1. The number of hydrogen-bond acceptors (Lipinski definition) is 2. The fourth-order valence-corrected chi connectivity index (χ4v) is 3.00. The summed E-state index contributed by atoms with van der Waals surface area (Å²) in [4.78, 5) is 26.8. The van der Waals surface area contributed by atoms with E-state index in [0.29, 0.717) is 17.4 Å². The minimum Gasteiger partial charge on any atom is -0.297 e. The molecule has 0 bridgehead atoms. The van der Waals surface area contributed by atoms with Gasteiger partial charge in [0, 0.05) is 11.6 Å². The van der Waals surface area contributed by atoms with Crippen LogP contribution in [0, 0.1) is 18.8 Å².